The van der Waals surface area contributed by atoms with Gasteiger partial charge in [0, 0.05) is 15.3 Å². The number of hydrogen-bond donors (Lipinski definition) is 1. The van der Waals surface area contributed by atoms with Crippen LogP contribution in [0.25, 0.3) is 0 Å². The predicted molar refractivity (Wildman–Crippen MR) is 76.3 cm³/mol. The molecular formula is C12H8F2INO2S. The molecular weight excluding hydrogens is 387 g/mol. The molecule has 0 spiro atoms. The number of benzene rings is 2. The van der Waals surface area contributed by atoms with Gasteiger partial charge >= 0.3 is 0 Å². The fourth-order valence-electron chi connectivity index (χ4n) is 1.45. The molecule has 19 heavy (non-hydrogen) atoms. The zero-order valence-corrected chi connectivity index (χ0v) is 12.4. The molecule has 0 saturated heterocycles. The van der Waals surface area contributed by atoms with E-state index in [2.05, 4.69) is 4.72 Å². The molecule has 0 atom stereocenters. The van der Waals surface area contributed by atoms with Crippen molar-refractivity contribution in [1.82, 2.24) is 0 Å². The summed E-state index contributed by atoms with van der Waals surface area (Å²) in [5, 5.41) is 0. The molecule has 0 amide bonds. The highest BCUT2D eigenvalue weighted by Crippen LogP contribution is 2.19. The van der Waals surface area contributed by atoms with E-state index in [1.54, 1.807) is 24.3 Å². The maximum Gasteiger partial charge on any atom is 0.262 e. The lowest BCUT2D eigenvalue weighted by Gasteiger charge is -2.08. The van der Waals surface area contributed by atoms with Crippen LogP contribution in [0.4, 0.5) is 14.5 Å². The number of nitrogens with one attached hydrogen (secondary N) is 1. The zero-order valence-electron chi connectivity index (χ0n) is 9.40. The van der Waals surface area contributed by atoms with E-state index in [1.807, 2.05) is 22.6 Å². The second-order valence-electron chi connectivity index (χ2n) is 3.72. The molecule has 0 radical (unpaired) electrons. The second-order valence-corrected chi connectivity index (χ2v) is 6.65. The van der Waals surface area contributed by atoms with Crippen LogP contribution in [0.2, 0.25) is 0 Å². The summed E-state index contributed by atoms with van der Waals surface area (Å²) in [6.45, 7) is 0. The third-order valence-electron chi connectivity index (χ3n) is 2.22. The van der Waals surface area contributed by atoms with Crippen LogP contribution in [0.15, 0.2) is 47.4 Å². The molecule has 1 N–H and O–H groups in total. The van der Waals surface area contributed by atoms with Crippen LogP contribution in [-0.4, -0.2) is 8.42 Å². The lowest BCUT2D eigenvalue weighted by atomic mass is 10.3. The summed E-state index contributed by atoms with van der Waals surface area (Å²) in [4.78, 5) is -0.455. The van der Waals surface area contributed by atoms with E-state index in [4.69, 9.17) is 0 Å². The first-order valence-corrected chi connectivity index (χ1v) is 7.67. The maximum atomic E-state index is 13.0. The summed E-state index contributed by atoms with van der Waals surface area (Å²) in [7, 11) is -4.01. The molecule has 0 aliphatic heterocycles. The first-order chi connectivity index (χ1) is 8.87. The van der Waals surface area contributed by atoms with Gasteiger partial charge in [-0.05, 0) is 52.9 Å². The molecule has 0 saturated carbocycles. The molecule has 2 aromatic rings. The molecule has 7 heteroatoms. The predicted octanol–water partition coefficient (Wildman–Crippen LogP) is 3.37. The van der Waals surface area contributed by atoms with Gasteiger partial charge in [-0.1, -0.05) is 6.07 Å². The van der Waals surface area contributed by atoms with E-state index in [9.17, 15) is 17.2 Å². The first-order valence-electron chi connectivity index (χ1n) is 5.11. The molecule has 2 aromatic carbocycles. The Morgan fingerprint density at radius 1 is 1.00 bits per heavy atom. The highest BCUT2D eigenvalue weighted by atomic mass is 127. The van der Waals surface area contributed by atoms with E-state index >= 15 is 0 Å². The number of sulfonamides is 1. The smallest absolute Gasteiger partial charge is 0.262 e. The van der Waals surface area contributed by atoms with Crippen LogP contribution in [0.1, 0.15) is 0 Å². The van der Waals surface area contributed by atoms with Crippen LogP contribution in [0.5, 0.6) is 0 Å². The Morgan fingerprint density at radius 2 is 1.63 bits per heavy atom. The van der Waals surface area contributed by atoms with Gasteiger partial charge in [0.25, 0.3) is 10.0 Å². The van der Waals surface area contributed by atoms with Crippen LogP contribution in [0.3, 0.4) is 0 Å². The molecule has 0 unspecified atom stereocenters. The molecule has 0 aliphatic rings. The van der Waals surface area contributed by atoms with Crippen molar-refractivity contribution in [2.75, 3.05) is 4.72 Å². The Hall–Kier alpha value is -1.22. The molecule has 3 nitrogen and oxygen atoms in total. The number of halogens is 3. The van der Waals surface area contributed by atoms with Crippen LogP contribution in [-0.2, 0) is 10.0 Å². The summed E-state index contributed by atoms with van der Waals surface area (Å²) in [5.41, 5.74) is 0.330. The molecule has 0 aromatic heterocycles. The third kappa shape index (κ3) is 3.63. The van der Waals surface area contributed by atoms with Gasteiger partial charge < -0.3 is 0 Å². The van der Waals surface area contributed by atoms with Crippen molar-refractivity contribution in [2.24, 2.45) is 0 Å². The minimum absolute atomic E-state index is 0.330. The van der Waals surface area contributed by atoms with Gasteiger partial charge in [-0.3, -0.25) is 4.72 Å². The van der Waals surface area contributed by atoms with Gasteiger partial charge in [-0.25, -0.2) is 17.2 Å². The Labute approximate surface area is 122 Å². The van der Waals surface area contributed by atoms with Gasteiger partial charge in [0.05, 0.1) is 4.90 Å². The molecule has 0 bridgehead atoms. The number of anilines is 1. The van der Waals surface area contributed by atoms with Crippen molar-refractivity contribution < 1.29 is 17.2 Å². The van der Waals surface area contributed by atoms with Crippen LogP contribution >= 0.6 is 22.6 Å². The highest BCUT2D eigenvalue weighted by Gasteiger charge is 2.16. The fourth-order valence-corrected chi connectivity index (χ4v) is 3.08. The Bertz CT molecular complexity index is 699. The van der Waals surface area contributed by atoms with E-state index in [1.165, 1.54) is 0 Å². The van der Waals surface area contributed by atoms with Gasteiger partial charge in [0.2, 0.25) is 0 Å². The summed E-state index contributed by atoms with van der Waals surface area (Å²) in [5.74, 6) is -1.88. The maximum absolute atomic E-state index is 13.0. The van der Waals surface area contributed by atoms with Crippen molar-refractivity contribution >= 4 is 38.3 Å². The summed E-state index contributed by atoms with van der Waals surface area (Å²) < 4.78 is 53.1. The topological polar surface area (TPSA) is 46.2 Å². The van der Waals surface area contributed by atoms with E-state index < -0.39 is 26.6 Å². The molecule has 0 fully saturated rings. The lowest BCUT2D eigenvalue weighted by Crippen LogP contribution is -2.13. The fraction of sp³-hybridized carbons (Fsp3) is 0. The average Bonchev–Trinajstić information content (AvgIpc) is 2.26. The standard InChI is InChI=1S/C12H8F2INO2S/c13-8-4-9(14)6-12(5-8)19(17,18)16-11-3-1-2-10(15)7-11/h1-7,16H. The van der Waals surface area contributed by atoms with Gasteiger partial charge in [0.15, 0.2) is 0 Å². The van der Waals surface area contributed by atoms with Crippen molar-refractivity contribution in [3.05, 3.63) is 57.7 Å². The first kappa shape index (κ1) is 14.2. The largest absolute Gasteiger partial charge is 0.280 e. The zero-order chi connectivity index (χ0) is 14.0. The third-order valence-corrected chi connectivity index (χ3v) is 4.25. The van der Waals surface area contributed by atoms with Gasteiger partial charge in [0.1, 0.15) is 11.6 Å². The Balaban J connectivity index is 2.37. The number of hydrogen-bond acceptors (Lipinski definition) is 2. The molecule has 100 valence electrons. The number of rotatable bonds is 3. The minimum atomic E-state index is -4.01. The normalized spacial score (nSPS) is 11.3. The van der Waals surface area contributed by atoms with Crippen molar-refractivity contribution in [1.29, 1.82) is 0 Å². The molecule has 0 aliphatic carbocycles. The van der Waals surface area contributed by atoms with Crippen molar-refractivity contribution in [3.63, 3.8) is 0 Å². The average molecular weight is 395 g/mol. The Morgan fingerprint density at radius 3 is 2.21 bits per heavy atom. The quantitative estimate of drug-likeness (QED) is 0.811. The lowest BCUT2D eigenvalue weighted by molar-refractivity contribution is 0.568. The summed E-state index contributed by atoms with van der Waals surface area (Å²) in [6.07, 6.45) is 0. The monoisotopic (exact) mass is 395 g/mol. The Kier molecular flexibility index (Phi) is 4.04. The second kappa shape index (κ2) is 5.41. The van der Waals surface area contributed by atoms with Crippen molar-refractivity contribution in [3.8, 4) is 0 Å². The molecule has 0 heterocycles. The van der Waals surface area contributed by atoms with E-state index in [0.29, 0.717) is 11.8 Å². The van der Waals surface area contributed by atoms with E-state index in [0.717, 1.165) is 15.7 Å². The summed E-state index contributed by atoms with van der Waals surface area (Å²) in [6, 6.07) is 8.76. The van der Waals surface area contributed by atoms with E-state index in [-0.39, 0.29) is 0 Å². The summed E-state index contributed by atoms with van der Waals surface area (Å²) >= 11 is 2.03. The SMILES string of the molecule is O=S(=O)(Nc1cccc(I)c1)c1cc(F)cc(F)c1. The van der Waals surface area contributed by atoms with Gasteiger partial charge in [-0.2, -0.15) is 0 Å². The van der Waals surface area contributed by atoms with Crippen LogP contribution < -0.4 is 4.72 Å². The molecule has 2 rings (SSSR count). The van der Waals surface area contributed by atoms with Crippen molar-refractivity contribution in [2.45, 2.75) is 4.90 Å². The van der Waals surface area contributed by atoms with Gasteiger partial charge in [-0.15, -0.1) is 0 Å². The highest BCUT2D eigenvalue weighted by molar-refractivity contribution is 14.1. The van der Waals surface area contributed by atoms with Crippen LogP contribution in [0, 0.1) is 15.2 Å². The minimum Gasteiger partial charge on any atom is -0.280 e.